The maximum atomic E-state index is 11.9. The van der Waals surface area contributed by atoms with E-state index >= 15 is 0 Å². The molecular weight excluding hydrogens is 276 g/mol. The fourth-order valence-electron chi connectivity index (χ4n) is 2.79. The van der Waals surface area contributed by atoms with Crippen LogP contribution in [0.2, 0.25) is 0 Å². The highest BCUT2D eigenvalue weighted by molar-refractivity contribution is 5.88. The van der Waals surface area contributed by atoms with Gasteiger partial charge in [-0.3, -0.25) is 9.88 Å². The summed E-state index contributed by atoms with van der Waals surface area (Å²) in [6.07, 6.45) is 4.26. The highest BCUT2D eigenvalue weighted by Crippen LogP contribution is 2.19. The van der Waals surface area contributed by atoms with Crippen molar-refractivity contribution >= 4 is 5.97 Å². The third-order valence-corrected chi connectivity index (χ3v) is 3.97. The molecule has 2 heterocycles. The average Bonchev–Trinajstić information content (AvgIpc) is 3.02. The van der Waals surface area contributed by atoms with E-state index in [0.29, 0.717) is 18.1 Å². The number of esters is 1. The molecule has 0 saturated carbocycles. The minimum absolute atomic E-state index is 0.283. The fourth-order valence-corrected chi connectivity index (χ4v) is 2.79. The molecule has 1 saturated heterocycles. The van der Waals surface area contributed by atoms with Crippen LogP contribution < -0.4 is 0 Å². The highest BCUT2D eigenvalue weighted by Gasteiger charge is 2.23. The van der Waals surface area contributed by atoms with Crippen molar-refractivity contribution in [3.05, 3.63) is 66.0 Å². The van der Waals surface area contributed by atoms with Crippen molar-refractivity contribution in [2.75, 3.05) is 19.7 Å². The summed E-state index contributed by atoms with van der Waals surface area (Å²) >= 11 is 0. The summed E-state index contributed by atoms with van der Waals surface area (Å²) in [7, 11) is 0. The number of pyridine rings is 1. The Kier molecular flexibility index (Phi) is 4.81. The van der Waals surface area contributed by atoms with Crippen molar-refractivity contribution in [3.8, 4) is 0 Å². The van der Waals surface area contributed by atoms with E-state index in [9.17, 15) is 4.79 Å². The molecule has 2 aromatic rings. The van der Waals surface area contributed by atoms with Crippen molar-refractivity contribution < 1.29 is 9.53 Å². The van der Waals surface area contributed by atoms with Gasteiger partial charge in [0, 0.05) is 31.4 Å². The molecular formula is C18H20N2O2. The predicted octanol–water partition coefficient (Wildman–Crippen LogP) is 2.76. The van der Waals surface area contributed by atoms with Crippen LogP contribution in [0.5, 0.6) is 0 Å². The highest BCUT2D eigenvalue weighted by atomic mass is 16.5. The van der Waals surface area contributed by atoms with Gasteiger partial charge >= 0.3 is 5.97 Å². The first-order valence-corrected chi connectivity index (χ1v) is 7.65. The first kappa shape index (κ1) is 14.7. The van der Waals surface area contributed by atoms with E-state index in [0.717, 1.165) is 26.1 Å². The molecule has 0 aliphatic carbocycles. The number of carbonyl (C=O) groups is 1. The summed E-state index contributed by atoms with van der Waals surface area (Å²) in [5, 5.41) is 0. The zero-order chi connectivity index (χ0) is 15.2. The normalized spacial score (nSPS) is 18.3. The second-order valence-corrected chi connectivity index (χ2v) is 5.72. The Morgan fingerprint density at radius 1 is 1.23 bits per heavy atom. The van der Waals surface area contributed by atoms with Gasteiger partial charge in [-0.15, -0.1) is 0 Å². The number of hydrogen-bond acceptors (Lipinski definition) is 4. The van der Waals surface area contributed by atoms with E-state index < -0.39 is 0 Å². The lowest BCUT2D eigenvalue weighted by Gasteiger charge is -2.16. The third kappa shape index (κ3) is 3.92. The van der Waals surface area contributed by atoms with Crippen molar-refractivity contribution in [2.24, 2.45) is 5.92 Å². The second-order valence-electron chi connectivity index (χ2n) is 5.72. The van der Waals surface area contributed by atoms with Gasteiger partial charge in [0.15, 0.2) is 0 Å². The number of benzene rings is 1. The Morgan fingerprint density at radius 2 is 2.09 bits per heavy atom. The van der Waals surface area contributed by atoms with Gasteiger partial charge in [0.05, 0.1) is 12.2 Å². The van der Waals surface area contributed by atoms with Gasteiger partial charge in [0.2, 0.25) is 0 Å². The molecule has 1 aromatic carbocycles. The maximum absolute atomic E-state index is 11.9. The SMILES string of the molecule is O=C(OCC1CCN(Cc2ccccc2)C1)c1cccnc1. The van der Waals surface area contributed by atoms with Crippen LogP contribution in [0.1, 0.15) is 22.3 Å². The Bertz CT molecular complexity index is 601. The second kappa shape index (κ2) is 7.18. The topological polar surface area (TPSA) is 42.4 Å². The average molecular weight is 296 g/mol. The van der Waals surface area contributed by atoms with Gasteiger partial charge in [0.25, 0.3) is 0 Å². The first-order valence-electron chi connectivity index (χ1n) is 7.65. The van der Waals surface area contributed by atoms with Crippen molar-refractivity contribution in [1.82, 2.24) is 9.88 Å². The molecule has 114 valence electrons. The van der Waals surface area contributed by atoms with E-state index in [1.165, 1.54) is 5.56 Å². The first-order chi connectivity index (χ1) is 10.8. The summed E-state index contributed by atoms with van der Waals surface area (Å²) in [6, 6.07) is 13.9. The van der Waals surface area contributed by atoms with E-state index in [-0.39, 0.29) is 5.97 Å². The van der Waals surface area contributed by atoms with Gasteiger partial charge in [-0.05, 0) is 30.7 Å². The molecule has 0 amide bonds. The molecule has 1 unspecified atom stereocenters. The van der Waals surface area contributed by atoms with E-state index in [1.807, 2.05) is 6.07 Å². The molecule has 0 spiro atoms. The van der Waals surface area contributed by atoms with Crippen molar-refractivity contribution in [1.29, 1.82) is 0 Å². The fraction of sp³-hybridized carbons (Fsp3) is 0.333. The standard InChI is InChI=1S/C18H20N2O2/c21-18(17-7-4-9-19-11-17)22-14-16-8-10-20(13-16)12-15-5-2-1-3-6-15/h1-7,9,11,16H,8,10,12-14H2. The molecule has 1 aliphatic heterocycles. The van der Waals surface area contributed by atoms with Crippen LogP contribution in [0, 0.1) is 5.92 Å². The predicted molar refractivity (Wildman–Crippen MR) is 84.3 cm³/mol. The van der Waals surface area contributed by atoms with Crippen LogP contribution in [-0.2, 0) is 11.3 Å². The largest absolute Gasteiger partial charge is 0.462 e. The molecule has 1 fully saturated rings. The van der Waals surface area contributed by atoms with Crippen LogP contribution >= 0.6 is 0 Å². The third-order valence-electron chi connectivity index (χ3n) is 3.97. The molecule has 22 heavy (non-hydrogen) atoms. The zero-order valence-corrected chi connectivity index (χ0v) is 12.5. The van der Waals surface area contributed by atoms with Crippen LogP contribution in [0.25, 0.3) is 0 Å². The Balaban J connectivity index is 1.44. The molecule has 1 aliphatic rings. The molecule has 1 atom stereocenters. The Hall–Kier alpha value is -2.20. The molecule has 0 N–H and O–H groups in total. The number of nitrogens with zero attached hydrogens (tertiary/aromatic N) is 2. The van der Waals surface area contributed by atoms with E-state index in [1.54, 1.807) is 24.5 Å². The number of carbonyl (C=O) groups excluding carboxylic acids is 1. The maximum Gasteiger partial charge on any atom is 0.339 e. The lowest BCUT2D eigenvalue weighted by Crippen LogP contribution is -2.22. The van der Waals surface area contributed by atoms with Gasteiger partial charge in [-0.25, -0.2) is 4.79 Å². The number of likely N-dealkylation sites (tertiary alicyclic amines) is 1. The van der Waals surface area contributed by atoms with Crippen LogP contribution in [-0.4, -0.2) is 35.5 Å². The summed E-state index contributed by atoms with van der Waals surface area (Å²) in [4.78, 5) is 18.2. The quantitative estimate of drug-likeness (QED) is 0.796. The van der Waals surface area contributed by atoms with Gasteiger partial charge in [-0.1, -0.05) is 30.3 Å². The molecule has 3 rings (SSSR count). The van der Waals surface area contributed by atoms with Crippen molar-refractivity contribution in [2.45, 2.75) is 13.0 Å². The van der Waals surface area contributed by atoms with E-state index in [2.05, 4.69) is 34.1 Å². The Morgan fingerprint density at radius 3 is 2.86 bits per heavy atom. The van der Waals surface area contributed by atoms with Gasteiger partial charge < -0.3 is 4.74 Å². The minimum atomic E-state index is -0.283. The molecule has 0 bridgehead atoms. The summed E-state index contributed by atoms with van der Waals surface area (Å²) in [5.74, 6) is 0.138. The summed E-state index contributed by atoms with van der Waals surface area (Å²) in [6.45, 7) is 3.49. The minimum Gasteiger partial charge on any atom is -0.462 e. The number of ether oxygens (including phenoxy) is 1. The van der Waals surface area contributed by atoms with Crippen LogP contribution in [0.4, 0.5) is 0 Å². The van der Waals surface area contributed by atoms with Crippen LogP contribution in [0.15, 0.2) is 54.9 Å². The molecule has 0 radical (unpaired) electrons. The number of aromatic nitrogens is 1. The lowest BCUT2D eigenvalue weighted by atomic mass is 10.1. The smallest absolute Gasteiger partial charge is 0.339 e. The van der Waals surface area contributed by atoms with Crippen molar-refractivity contribution in [3.63, 3.8) is 0 Å². The molecule has 4 nitrogen and oxygen atoms in total. The molecule has 4 heteroatoms. The lowest BCUT2D eigenvalue weighted by molar-refractivity contribution is 0.0442. The molecule has 1 aromatic heterocycles. The zero-order valence-electron chi connectivity index (χ0n) is 12.5. The Labute approximate surface area is 130 Å². The number of hydrogen-bond donors (Lipinski definition) is 0. The summed E-state index contributed by atoms with van der Waals surface area (Å²) in [5.41, 5.74) is 1.84. The number of rotatable bonds is 5. The monoisotopic (exact) mass is 296 g/mol. The van der Waals surface area contributed by atoms with Gasteiger partial charge in [-0.2, -0.15) is 0 Å². The van der Waals surface area contributed by atoms with Gasteiger partial charge in [0.1, 0.15) is 0 Å². The van der Waals surface area contributed by atoms with E-state index in [4.69, 9.17) is 4.74 Å². The van der Waals surface area contributed by atoms with Crippen LogP contribution in [0.3, 0.4) is 0 Å². The summed E-state index contributed by atoms with van der Waals surface area (Å²) < 4.78 is 5.40.